The first kappa shape index (κ1) is 13.2. The molecular formula is C13H17ClN2O2. The van der Waals surface area contributed by atoms with Gasteiger partial charge >= 0.3 is 0 Å². The van der Waals surface area contributed by atoms with Gasteiger partial charge in [0.05, 0.1) is 11.6 Å². The minimum Gasteiger partial charge on any atom is -0.507 e. The van der Waals surface area contributed by atoms with Crippen LogP contribution in [0.5, 0.6) is 5.75 Å². The van der Waals surface area contributed by atoms with Gasteiger partial charge in [-0.2, -0.15) is 0 Å². The number of hydrogen-bond donors (Lipinski definition) is 2. The van der Waals surface area contributed by atoms with E-state index >= 15 is 0 Å². The van der Waals surface area contributed by atoms with E-state index in [1.807, 2.05) is 4.90 Å². The van der Waals surface area contributed by atoms with Gasteiger partial charge in [0.15, 0.2) is 0 Å². The molecule has 0 radical (unpaired) electrons. The molecule has 1 atom stereocenters. The highest BCUT2D eigenvalue weighted by molar-refractivity contribution is 6.02. The van der Waals surface area contributed by atoms with Crippen LogP contribution in [0.4, 0.5) is 0 Å². The van der Waals surface area contributed by atoms with Gasteiger partial charge in [0.25, 0.3) is 5.91 Å². The third-order valence-electron chi connectivity index (χ3n) is 3.69. The summed E-state index contributed by atoms with van der Waals surface area (Å²) in [6, 6.07) is 3.87. The smallest absolute Gasteiger partial charge is 0.258 e. The van der Waals surface area contributed by atoms with Crippen molar-refractivity contribution in [3.8, 4) is 5.75 Å². The van der Waals surface area contributed by atoms with Crippen molar-refractivity contribution in [2.75, 3.05) is 19.6 Å². The third-order valence-corrected chi connectivity index (χ3v) is 3.69. The van der Waals surface area contributed by atoms with Crippen molar-refractivity contribution < 1.29 is 9.90 Å². The van der Waals surface area contributed by atoms with E-state index in [2.05, 4.69) is 18.3 Å². The molecule has 0 aliphatic carbocycles. The van der Waals surface area contributed by atoms with Crippen LogP contribution in [0.15, 0.2) is 12.1 Å². The molecule has 0 bridgehead atoms. The molecule has 1 aromatic carbocycles. The van der Waals surface area contributed by atoms with Gasteiger partial charge in [-0.25, -0.2) is 0 Å². The van der Waals surface area contributed by atoms with Crippen LogP contribution < -0.4 is 5.32 Å². The molecular weight excluding hydrogens is 252 g/mol. The molecule has 2 aliphatic rings. The van der Waals surface area contributed by atoms with Crippen LogP contribution in [0, 0.1) is 0 Å². The number of phenols is 1. The first-order chi connectivity index (χ1) is 8.22. The molecule has 18 heavy (non-hydrogen) atoms. The lowest BCUT2D eigenvalue weighted by atomic mass is 9.99. The highest BCUT2D eigenvalue weighted by atomic mass is 35.5. The van der Waals surface area contributed by atoms with Crippen LogP contribution in [0.2, 0.25) is 0 Å². The van der Waals surface area contributed by atoms with Crippen LogP contribution in [-0.2, 0) is 6.42 Å². The predicted molar refractivity (Wildman–Crippen MR) is 71.4 cm³/mol. The van der Waals surface area contributed by atoms with Crippen LogP contribution in [-0.4, -0.2) is 35.5 Å². The van der Waals surface area contributed by atoms with Crippen LogP contribution in [0.3, 0.4) is 0 Å². The van der Waals surface area contributed by atoms with E-state index in [4.69, 9.17) is 0 Å². The van der Waals surface area contributed by atoms with Gasteiger partial charge in [-0.3, -0.25) is 4.79 Å². The lowest BCUT2D eigenvalue weighted by molar-refractivity contribution is 0.0689. The standard InChI is InChI=1S/C13H16N2O2.ClH/c1-2-8-5-9-10-7-14-3-4-15(10)13(17)12(9)11(16)6-8;/h5-6,10,14,16H,2-4,7H2,1H3;1H/t10-;/m1./s1. The Labute approximate surface area is 112 Å². The average Bonchev–Trinajstić information content (AvgIpc) is 2.64. The number of aromatic hydroxyl groups is 1. The molecule has 2 N–H and O–H groups in total. The Balaban J connectivity index is 0.00000120. The Morgan fingerprint density at radius 1 is 1.50 bits per heavy atom. The minimum atomic E-state index is -0.0216. The fourth-order valence-corrected chi connectivity index (χ4v) is 2.78. The van der Waals surface area contributed by atoms with Crippen LogP contribution in [0.1, 0.15) is 34.5 Å². The van der Waals surface area contributed by atoms with Crippen molar-refractivity contribution >= 4 is 18.3 Å². The molecule has 1 saturated heterocycles. The summed E-state index contributed by atoms with van der Waals surface area (Å²) >= 11 is 0. The van der Waals surface area contributed by atoms with E-state index in [1.165, 1.54) is 0 Å². The summed E-state index contributed by atoms with van der Waals surface area (Å²) in [4.78, 5) is 14.1. The van der Waals surface area contributed by atoms with Crippen molar-refractivity contribution in [2.45, 2.75) is 19.4 Å². The first-order valence-corrected chi connectivity index (χ1v) is 6.10. The number of carbonyl (C=O) groups is 1. The van der Waals surface area contributed by atoms with Gasteiger partial charge in [-0.15, -0.1) is 12.4 Å². The van der Waals surface area contributed by atoms with Crippen molar-refractivity contribution in [3.63, 3.8) is 0 Å². The van der Waals surface area contributed by atoms with Gasteiger partial charge in [0.2, 0.25) is 0 Å². The van der Waals surface area contributed by atoms with E-state index in [0.29, 0.717) is 5.56 Å². The molecule has 3 rings (SSSR count). The molecule has 1 fully saturated rings. The summed E-state index contributed by atoms with van der Waals surface area (Å²) in [7, 11) is 0. The van der Waals surface area contributed by atoms with Crippen molar-refractivity contribution in [3.05, 3.63) is 28.8 Å². The molecule has 2 aliphatic heterocycles. The van der Waals surface area contributed by atoms with E-state index in [1.54, 1.807) is 6.07 Å². The summed E-state index contributed by atoms with van der Waals surface area (Å²) in [5, 5.41) is 13.3. The van der Waals surface area contributed by atoms with Gasteiger partial charge in [-0.05, 0) is 23.6 Å². The predicted octanol–water partition coefficient (Wildman–Crippen LogP) is 1.48. The molecule has 5 heteroatoms. The summed E-state index contributed by atoms with van der Waals surface area (Å²) in [5.74, 6) is 0.116. The maximum absolute atomic E-state index is 12.2. The summed E-state index contributed by atoms with van der Waals surface area (Å²) in [5.41, 5.74) is 2.58. The largest absolute Gasteiger partial charge is 0.507 e. The van der Waals surface area contributed by atoms with Crippen molar-refractivity contribution in [2.24, 2.45) is 0 Å². The molecule has 2 heterocycles. The fraction of sp³-hybridized carbons (Fsp3) is 0.462. The molecule has 1 aromatic rings. The number of nitrogens with one attached hydrogen (secondary N) is 1. The van der Waals surface area contributed by atoms with E-state index in [-0.39, 0.29) is 30.1 Å². The Kier molecular flexibility index (Phi) is 3.50. The highest BCUT2D eigenvalue weighted by Gasteiger charge is 2.39. The zero-order valence-electron chi connectivity index (χ0n) is 10.3. The van der Waals surface area contributed by atoms with Crippen molar-refractivity contribution in [1.29, 1.82) is 0 Å². The zero-order valence-corrected chi connectivity index (χ0v) is 11.1. The Morgan fingerprint density at radius 3 is 3.00 bits per heavy atom. The molecule has 0 unspecified atom stereocenters. The van der Waals surface area contributed by atoms with Gasteiger partial charge < -0.3 is 15.3 Å². The summed E-state index contributed by atoms with van der Waals surface area (Å²) < 4.78 is 0. The molecule has 4 nitrogen and oxygen atoms in total. The quantitative estimate of drug-likeness (QED) is 0.811. The number of nitrogens with zero attached hydrogens (tertiary/aromatic N) is 1. The summed E-state index contributed by atoms with van der Waals surface area (Å²) in [6.45, 7) is 4.39. The Bertz CT molecular complexity index is 490. The number of carbonyl (C=O) groups excluding carboxylic acids is 1. The SMILES string of the molecule is CCc1cc(O)c2c(c1)[C@H]1CNCCN1C2=O.Cl. The minimum absolute atomic E-state index is 0. The maximum atomic E-state index is 12.2. The fourth-order valence-electron chi connectivity index (χ4n) is 2.78. The highest BCUT2D eigenvalue weighted by Crippen LogP contribution is 2.39. The molecule has 98 valence electrons. The number of piperazine rings is 1. The maximum Gasteiger partial charge on any atom is 0.258 e. The molecule has 0 spiro atoms. The lowest BCUT2D eigenvalue weighted by Gasteiger charge is -2.30. The second kappa shape index (κ2) is 4.78. The number of fused-ring (bicyclic) bond motifs is 3. The first-order valence-electron chi connectivity index (χ1n) is 6.10. The molecule has 0 saturated carbocycles. The van der Waals surface area contributed by atoms with Gasteiger partial charge in [-0.1, -0.05) is 13.0 Å². The second-order valence-electron chi connectivity index (χ2n) is 4.65. The number of rotatable bonds is 1. The number of amides is 1. The number of aryl methyl sites for hydroxylation is 1. The number of benzene rings is 1. The van der Waals surface area contributed by atoms with E-state index in [9.17, 15) is 9.90 Å². The number of hydrogen-bond acceptors (Lipinski definition) is 3. The lowest BCUT2D eigenvalue weighted by Crippen LogP contribution is -2.44. The molecule has 0 aromatic heterocycles. The van der Waals surface area contributed by atoms with E-state index < -0.39 is 0 Å². The Hall–Kier alpha value is -1.26. The number of phenolic OH excluding ortho intramolecular Hbond substituents is 1. The van der Waals surface area contributed by atoms with Crippen molar-refractivity contribution in [1.82, 2.24) is 10.2 Å². The number of halogens is 1. The second-order valence-corrected chi connectivity index (χ2v) is 4.65. The monoisotopic (exact) mass is 268 g/mol. The van der Waals surface area contributed by atoms with Crippen LogP contribution >= 0.6 is 12.4 Å². The third kappa shape index (κ3) is 1.76. The zero-order chi connectivity index (χ0) is 12.0. The molecule has 1 amide bonds. The Morgan fingerprint density at radius 2 is 2.28 bits per heavy atom. The normalized spacial score (nSPS) is 21.3. The average molecular weight is 269 g/mol. The van der Waals surface area contributed by atoms with Gasteiger partial charge in [0.1, 0.15) is 5.75 Å². The van der Waals surface area contributed by atoms with E-state index in [0.717, 1.165) is 37.2 Å². The van der Waals surface area contributed by atoms with Crippen LogP contribution in [0.25, 0.3) is 0 Å². The summed E-state index contributed by atoms with van der Waals surface area (Å²) in [6.07, 6.45) is 0.870. The topological polar surface area (TPSA) is 52.6 Å². The van der Waals surface area contributed by atoms with Gasteiger partial charge in [0, 0.05) is 19.6 Å².